The van der Waals surface area contributed by atoms with Crippen LogP contribution >= 0.6 is 0 Å². The van der Waals surface area contributed by atoms with Crippen LogP contribution < -0.4 is 10.6 Å². The second-order valence-corrected chi connectivity index (χ2v) is 9.58. The standard InChI is InChI=1S/C28H30N6O4/c1-17-15-23(33-38-17)28(37)32-22(16-25(35)34-14-8-13-24(34)19-9-4-3-5-10-19)27(36)29-18(2)26-30-20-11-6-7-12-21(20)31-26/h3-7,9-12,15,18,22,24H,8,13-14,16H2,1-2H3,(H,29,36)(H,30,31)(H,32,37)/t18-,22-,24-/m0/s1. The molecule has 2 aromatic heterocycles. The Hall–Kier alpha value is -4.47. The molecule has 10 nitrogen and oxygen atoms in total. The van der Waals surface area contributed by atoms with Gasteiger partial charge in [0.1, 0.15) is 17.6 Å². The largest absolute Gasteiger partial charge is 0.361 e. The average molecular weight is 515 g/mol. The number of imidazole rings is 1. The number of aromatic amines is 1. The monoisotopic (exact) mass is 514 g/mol. The van der Waals surface area contributed by atoms with E-state index < -0.39 is 23.9 Å². The molecule has 3 amide bonds. The van der Waals surface area contributed by atoms with Crippen molar-refractivity contribution in [1.29, 1.82) is 0 Å². The molecule has 3 heterocycles. The van der Waals surface area contributed by atoms with E-state index in [1.807, 2.05) is 54.6 Å². The topological polar surface area (TPSA) is 133 Å². The summed E-state index contributed by atoms with van der Waals surface area (Å²) in [6.45, 7) is 4.06. The van der Waals surface area contributed by atoms with E-state index in [1.54, 1.807) is 18.7 Å². The number of nitrogens with zero attached hydrogens (tertiary/aromatic N) is 3. The number of H-pyrrole nitrogens is 1. The van der Waals surface area contributed by atoms with Crippen LogP contribution in [-0.2, 0) is 9.59 Å². The van der Waals surface area contributed by atoms with Crippen LogP contribution in [-0.4, -0.2) is 50.3 Å². The molecule has 2 aromatic carbocycles. The summed E-state index contributed by atoms with van der Waals surface area (Å²) >= 11 is 0. The number of benzene rings is 2. The van der Waals surface area contributed by atoms with E-state index in [4.69, 9.17) is 4.52 Å². The van der Waals surface area contributed by atoms with E-state index in [1.165, 1.54) is 6.07 Å². The lowest BCUT2D eigenvalue weighted by atomic mass is 10.0. The molecule has 5 rings (SSSR count). The van der Waals surface area contributed by atoms with Crippen molar-refractivity contribution in [1.82, 2.24) is 30.7 Å². The molecule has 4 aromatic rings. The van der Waals surface area contributed by atoms with Crippen LogP contribution in [0.15, 0.2) is 65.2 Å². The Morgan fingerprint density at radius 1 is 1.11 bits per heavy atom. The molecule has 38 heavy (non-hydrogen) atoms. The number of para-hydroxylation sites is 2. The SMILES string of the molecule is Cc1cc(C(=O)N[C@@H](CC(=O)N2CCC[C@H]2c2ccccc2)C(=O)N[C@@H](C)c2nc3ccccc3[nH]2)no1. The number of fused-ring (bicyclic) bond motifs is 1. The second-order valence-electron chi connectivity index (χ2n) is 9.58. The minimum Gasteiger partial charge on any atom is -0.361 e. The zero-order valence-electron chi connectivity index (χ0n) is 21.3. The summed E-state index contributed by atoms with van der Waals surface area (Å²) in [6.07, 6.45) is 1.53. The van der Waals surface area contributed by atoms with E-state index in [0.29, 0.717) is 18.1 Å². The highest BCUT2D eigenvalue weighted by Crippen LogP contribution is 2.32. The molecule has 0 aliphatic carbocycles. The van der Waals surface area contributed by atoms with E-state index in [0.717, 1.165) is 29.4 Å². The third kappa shape index (κ3) is 5.44. The number of likely N-dealkylation sites (tertiary alicyclic amines) is 1. The van der Waals surface area contributed by atoms with Crippen molar-refractivity contribution in [2.24, 2.45) is 0 Å². The van der Waals surface area contributed by atoms with Gasteiger partial charge in [0.2, 0.25) is 11.8 Å². The van der Waals surface area contributed by atoms with Gasteiger partial charge in [-0.25, -0.2) is 4.98 Å². The van der Waals surface area contributed by atoms with Gasteiger partial charge in [-0.05, 0) is 44.4 Å². The van der Waals surface area contributed by atoms with Crippen LogP contribution in [0.2, 0.25) is 0 Å². The quantitative estimate of drug-likeness (QED) is 0.329. The molecule has 10 heteroatoms. The maximum atomic E-state index is 13.5. The maximum absolute atomic E-state index is 13.5. The normalized spacial score (nSPS) is 16.8. The highest BCUT2D eigenvalue weighted by Gasteiger charge is 2.34. The Balaban J connectivity index is 1.33. The fourth-order valence-electron chi connectivity index (χ4n) is 4.85. The number of hydrogen-bond donors (Lipinski definition) is 3. The second kappa shape index (κ2) is 10.9. The van der Waals surface area contributed by atoms with E-state index in [9.17, 15) is 14.4 Å². The number of nitrogens with one attached hydrogen (secondary N) is 3. The molecular formula is C28H30N6O4. The molecule has 0 radical (unpaired) electrons. The first-order chi connectivity index (χ1) is 18.4. The zero-order valence-corrected chi connectivity index (χ0v) is 21.3. The first-order valence-corrected chi connectivity index (χ1v) is 12.7. The summed E-state index contributed by atoms with van der Waals surface area (Å²) in [4.78, 5) is 49.3. The minimum absolute atomic E-state index is 0.0430. The molecule has 0 saturated carbocycles. The lowest BCUT2D eigenvalue weighted by Gasteiger charge is -2.27. The number of amides is 3. The number of aromatic nitrogens is 3. The molecule has 196 valence electrons. The van der Waals surface area contributed by atoms with Crippen LogP contribution in [0, 0.1) is 6.92 Å². The summed E-state index contributed by atoms with van der Waals surface area (Å²) in [5.74, 6) is -0.243. The fraction of sp³-hybridized carbons (Fsp3) is 0.321. The molecule has 0 spiro atoms. The molecule has 0 unspecified atom stereocenters. The molecule has 3 N–H and O–H groups in total. The highest BCUT2D eigenvalue weighted by atomic mass is 16.5. The Kier molecular flexibility index (Phi) is 7.21. The number of aryl methyl sites for hydroxylation is 1. The Bertz CT molecular complexity index is 1410. The van der Waals surface area contributed by atoms with E-state index >= 15 is 0 Å². The Morgan fingerprint density at radius 3 is 2.61 bits per heavy atom. The van der Waals surface area contributed by atoms with Gasteiger partial charge in [0.15, 0.2) is 5.69 Å². The minimum atomic E-state index is -1.11. The van der Waals surface area contributed by atoms with Gasteiger partial charge in [0.25, 0.3) is 5.91 Å². The zero-order chi connectivity index (χ0) is 26.6. The van der Waals surface area contributed by atoms with Gasteiger partial charge < -0.3 is 25.0 Å². The molecule has 1 aliphatic rings. The summed E-state index contributed by atoms with van der Waals surface area (Å²) < 4.78 is 5.01. The average Bonchev–Trinajstić information content (AvgIpc) is 3.68. The number of carbonyl (C=O) groups is 3. The van der Waals surface area contributed by atoms with Crippen LogP contribution in [0.3, 0.4) is 0 Å². The summed E-state index contributed by atoms with van der Waals surface area (Å²) in [5.41, 5.74) is 2.73. The molecule has 1 fully saturated rings. The van der Waals surface area contributed by atoms with Gasteiger partial charge in [-0.3, -0.25) is 14.4 Å². The van der Waals surface area contributed by atoms with E-state index in [-0.39, 0.29) is 24.1 Å². The van der Waals surface area contributed by atoms with E-state index in [2.05, 4.69) is 25.8 Å². The van der Waals surface area contributed by atoms with Gasteiger partial charge in [-0.1, -0.05) is 47.6 Å². The summed E-state index contributed by atoms with van der Waals surface area (Å²) in [6, 6.07) is 17.2. The van der Waals surface area contributed by atoms with Gasteiger partial charge in [0, 0.05) is 12.6 Å². The first-order valence-electron chi connectivity index (χ1n) is 12.7. The summed E-state index contributed by atoms with van der Waals surface area (Å²) in [7, 11) is 0. The molecule has 1 saturated heterocycles. The molecule has 3 atom stereocenters. The van der Waals surface area contributed by atoms with Gasteiger partial charge in [0.05, 0.1) is 29.5 Å². The van der Waals surface area contributed by atoms with Crippen LogP contribution in [0.25, 0.3) is 11.0 Å². The van der Waals surface area contributed by atoms with Crippen molar-refractivity contribution in [3.05, 3.63) is 83.5 Å². The third-order valence-corrected chi connectivity index (χ3v) is 6.80. The maximum Gasteiger partial charge on any atom is 0.274 e. The summed E-state index contributed by atoms with van der Waals surface area (Å²) in [5, 5.41) is 9.32. The van der Waals surface area contributed by atoms with Crippen LogP contribution in [0.1, 0.15) is 65.9 Å². The Labute approximate surface area is 219 Å². The highest BCUT2D eigenvalue weighted by molar-refractivity contribution is 5.98. The fourth-order valence-corrected chi connectivity index (χ4v) is 4.85. The number of rotatable bonds is 8. The van der Waals surface area contributed by atoms with Crippen molar-refractivity contribution in [3.8, 4) is 0 Å². The van der Waals surface area contributed by atoms with Gasteiger partial charge in [-0.2, -0.15) is 0 Å². The number of carbonyl (C=O) groups excluding carboxylic acids is 3. The molecular weight excluding hydrogens is 484 g/mol. The van der Waals surface area contributed by atoms with Crippen molar-refractivity contribution in [3.63, 3.8) is 0 Å². The van der Waals surface area contributed by atoms with Crippen LogP contribution in [0.4, 0.5) is 0 Å². The Morgan fingerprint density at radius 2 is 1.87 bits per heavy atom. The van der Waals surface area contributed by atoms with Crippen LogP contribution in [0.5, 0.6) is 0 Å². The third-order valence-electron chi connectivity index (χ3n) is 6.80. The molecule has 1 aliphatic heterocycles. The smallest absolute Gasteiger partial charge is 0.274 e. The van der Waals surface area contributed by atoms with Crippen molar-refractivity contribution < 1.29 is 18.9 Å². The lowest BCUT2D eigenvalue weighted by molar-refractivity contribution is -0.135. The predicted molar refractivity (Wildman–Crippen MR) is 140 cm³/mol. The van der Waals surface area contributed by atoms with Gasteiger partial charge in [-0.15, -0.1) is 0 Å². The van der Waals surface area contributed by atoms with Gasteiger partial charge >= 0.3 is 0 Å². The molecule has 0 bridgehead atoms. The lowest BCUT2D eigenvalue weighted by Crippen LogP contribution is -2.50. The predicted octanol–water partition coefficient (Wildman–Crippen LogP) is 3.59. The first kappa shape index (κ1) is 25.2. The van der Waals surface area contributed by atoms with Crippen molar-refractivity contribution in [2.75, 3.05) is 6.54 Å². The van der Waals surface area contributed by atoms with Crippen molar-refractivity contribution in [2.45, 2.75) is 51.2 Å². The van der Waals surface area contributed by atoms with Crippen molar-refractivity contribution >= 4 is 28.8 Å². The number of hydrogen-bond acceptors (Lipinski definition) is 6.